The molecule has 0 amide bonds. The van der Waals surface area contributed by atoms with Gasteiger partial charge in [0, 0.05) is 6.04 Å². The van der Waals surface area contributed by atoms with Gasteiger partial charge in [-0.3, -0.25) is 0 Å². The lowest BCUT2D eigenvalue weighted by Gasteiger charge is -2.17. The number of benzene rings is 1. The molecule has 0 saturated carbocycles. The molecule has 0 saturated heterocycles. The molecule has 0 aliphatic heterocycles. The Bertz CT molecular complexity index is 477. The third kappa shape index (κ3) is 3.01. The quantitative estimate of drug-likeness (QED) is 0.808. The first-order chi connectivity index (χ1) is 8.16. The number of nitrogens with two attached hydrogens (primary N) is 1. The van der Waals surface area contributed by atoms with E-state index in [1.54, 1.807) is 11.3 Å². The van der Waals surface area contributed by atoms with Crippen LogP contribution in [0.3, 0.4) is 0 Å². The van der Waals surface area contributed by atoms with Crippen LogP contribution in [0.1, 0.15) is 18.1 Å². The van der Waals surface area contributed by atoms with Crippen LogP contribution in [0, 0.1) is 6.92 Å². The highest BCUT2D eigenvalue weighted by Gasteiger charge is 2.07. The number of hydrogen-bond donors (Lipinski definition) is 2. The van der Waals surface area contributed by atoms with Crippen molar-refractivity contribution in [3.05, 3.63) is 46.2 Å². The van der Waals surface area contributed by atoms with Gasteiger partial charge in [-0.2, -0.15) is 11.3 Å². The van der Waals surface area contributed by atoms with Crippen molar-refractivity contribution in [2.45, 2.75) is 26.3 Å². The predicted octanol–water partition coefficient (Wildman–Crippen LogP) is 3.68. The van der Waals surface area contributed by atoms with Crippen molar-refractivity contribution in [1.82, 2.24) is 0 Å². The van der Waals surface area contributed by atoms with Crippen LogP contribution in [0.4, 0.5) is 11.4 Å². The Kier molecular flexibility index (Phi) is 3.69. The Hall–Kier alpha value is -1.48. The number of anilines is 2. The van der Waals surface area contributed by atoms with E-state index in [2.05, 4.69) is 29.1 Å². The Morgan fingerprint density at radius 2 is 2.18 bits per heavy atom. The number of nitrogen functional groups attached to an aromatic ring is 1. The lowest BCUT2D eigenvalue weighted by Crippen LogP contribution is -2.18. The highest BCUT2D eigenvalue weighted by atomic mass is 32.1. The van der Waals surface area contributed by atoms with Gasteiger partial charge in [0.05, 0.1) is 11.4 Å². The third-order valence-corrected chi connectivity index (χ3v) is 3.58. The fourth-order valence-corrected chi connectivity index (χ4v) is 2.57. The topological polar surface area (TPSA) is 38.0 Å². The molecule has 1 heterocycles. The summed E-state index contributed by atoms with van der Waals surface area (Å²) in [5.41, 5.74) is 10.4. The van der Waals surface area contributed by atoms with E-state index in [1.807, 2.05) is 25.1 Å². The molecule has 0 aliphatic carbocycles. The summed E-state index contributed by atoms with van der Waals surface area (Å²) < 4.78 is 0. The number of nitrogens with one attached hydrogen (secondary N) is 1. The fraction of sp³-hybridized carbons (Fsp3) is 0.286. The van der Waals surface area contributed by atoms with Gasteiger partial charge in [0.25, 0.3) is 0 Å². The molecule has 0 fully saturated rings. The highest BCUT2D eigenvalue weighted by molar-refractivity contribution is 7.07. The average molecular weight is 246 g/mol. The zero-order valence-corrected chi connectivity index (χ0v) is 11.1. The fourth-order valence-electron chi connectivity index (χ4n) is 1.89. The summed E-state index contributed by atoms with van der Waals surface area (Å²) in [5, 5.41) is 7.78. The summed E-state index contributed by atoms with van der Waals surface area (Å²) in [7, 11) is 0. The predicted molar refractivity (Wildman–Crippen MR) is 76.7 cm³/mol. The molecule has 0 aliphatic rings. The molecular weight excluding hydrogens is 228 g/mol. The second-order valence-corrected chi connectivity index (χ2v) is 5.20. The van der Waals surface area contributed by atoms with E-state index in [0.29, 0.717) is 6.04 Å². The first-order valence-corrected chi connectivity index (χ1v) is 6.74. The van der Waals surface area contributed by atoms with Gasteiger partial charge in [-0.15, -0.1) is 0 Å². The Morgan fingerprint density at radius 3 is 2.88 bits per heavy atom. The van der Waals surface area contributed by atoms with Crippen LogP contribution in [-0.2, 0) is 6.42 Å². The normalized spacial score (nSPS) is 12.4. The lowest BCUT2D eigenvalue weighted by atomic mass is 10.1. The van der Waals surface area contributed by atoms with Crippen LogP contribution < -0.4 is 11.1 Å². The van der Waals surface area contributed by atoms with Gasteiger partial charge in [0.15, 0.2) is 0 Å². The van der Waals surface area contributed by atoms with Gasteiger partial charge in [0.1, 0.15) is 0 Å². The molecule has 0 spiro atoms. The second-order valence-electron chi connectivity index (χ2n) is 4.42. The average Bonchev–Trinajstić information content (AvgIpc) is 2.77. The minimum Gasteiger partial charge on any atom is -0.397 e. The van der Waals surface area contributed by atoms with Gasteiger partial charge in [-0.25, -0.2) is 0 Å². The molecule has 1 aromatic carbocycles. The number of aryl methyl sites for hydroxylation is 1. The number of hydrogen-bond acceptors (Lipinski definition) is 3. The third-order valence-electron chi connectivity index (χ3n) is 2.85. The van der Waals surface area contributed by atoms with Crippen LogP contribution in [0.5, 0.6) is 0 Å². The zero-order valence-electron chi connectivity index (χ0n) is 10.2. The minimum atomic E-state index is 0.383. The summed E-state index contributed by atoms with van der Waals surface area (Å²) in [5.74, 6) is 0. The summed E-state index contributed by atoms with van der Waals surface area (Å²) in [6.07, 6.45) is 1.02. The van der Waals surface area contributed by atoms with Crippen LogP contribution in [-0.4, -0.2) is 6.04 Å². The monoisotopic (exact) mass is 246 g/mol. The van der Waals surface area contributed by atoms with Crippen molar-refractivity contribution in [3.63, 3.8) is 0 Å². The maximum absolute atomic E-state index is 6.04. The smallest absolute Gasteiger partial charge is 0.0579 e. The van der Waals surface area contributed by atoms with E-state index in [1.165, 1.54) is 5.56 Å². The molecule has 90 valence electrons. The molecule has 1 aromatic heterocycles. The number of para-hydroxylation sites is 1. The van der Waals surface area contributed by atoms with Crippen molar-refractivity contribution in [1.29, 1.82) is 0 Å². The van der Waals surface area contributed by atoms with Crippen LogP contribution >= 0.6 is 11.3 Å². The van der Waals surface area contributed by atoms with Crippen molar-refractivity contribution < 1.29 is 0 Å². The Balaban J connectivity index is 2.03. The molecule has 2 nitrogen and oxygen atoms in total. The zero-order chi connectivity index (χ0) is 12.3. The van der Waals surface area contributed by atoms with E-state index in [0.717, 1.165) is 23.4 Å². The van der Waals surface area contributed by atoms with E-state index in [4.69, 9.17) is 5.73 Å². The molecule has 2 aromatic rings. The van der Waals surface area contributed by atoms with Crippen LogP contribution in [0.15, 0.2) is 35.0 Å². The van der Waals surface area contributed by atoms with Crippen LogP contribution in [0.25, 0.3) is 0 Å². The molecule has 1 unspecified atom stereocenters. The molecule has 3 N–H and O–H groups in total. The molecule has 1 atom stereocenters. The van der Waals surface area contributed by atoms with Gasteiger partial charge in [-0.1, -0.05) is 12.1 Å². The standard InChI is InChI=1S/C14H18N2S/c1-10-4-3-5-13(14(10)15)16-11(2)8-12-6-7-17-9-12/h3-7,9,11,16H,8,15H2,1-2H3. The summed E-state index contributed by atoms with van der Waals surface area (Å²) in [4.78, 5) is 0. The van der Waals surface area contributed by atoms with E-state index < -0.39 is 0 Å². The molecular formula is C14H18N2S. The molecule has 0 radical (unpaired) electrons. The summed E-state index contributed by atoms with van der Waals surface area (Å²) in [6.45, 7) is 4.21. The molecule has 2 rings (SSSR count). The van der Waals surface area contributed by atoms with Crippen molar-refractivity contribution in [2.75, 3.05) is 11.1 Å². The van der Waals surface area contributed by atoms with E-state index in [9.17, 15) is 0 Å². The summed E-state index contributed by atoms with van der Waals surface area (Å²) >= 11 is 1.74. The Labute approximate surface area is 106 Å². The van der Waals surface area contributed by atoms with Gasteiger partial charge < -0.3 is 11.1 Å². The Morgan fingerprint density at radius 1 is 1.35 bits per heavy atom. The first kappa shape index (κ1) is 12.0. The van der Waals surface area contributed by atoms with E-state index in [-0.39, 0.29) is 0 Å². The minimum absolute atomic E-state index is 0.383. The van der Waals surface area contributed by atoms with Crippen molar-refractivity contribution in [3.8, 4) is 0 Å². The van der Waals surface area contributed by atoms with Gasteiger partial charge >= 0.3 is 0 Å². The SMILES string of the molecule is Cc1cccc(NC(C)Cc2ccsc2)c1N. The van der Waals surface area contributed by atoms with Gasteiger partial charge in [0.2, 0.25) is 0 Å². The highest BCUT2D eigenvalue weighted by Crippen LogP contribution is 2.23. The van der Waals surface area contributed by atoms with Crippen LogP contribution in [0.2, 0.25) is 0 Å². The molecule has 3 heteroatoms. The van der Waals surface area contributed by atoms with Crippen molar-refractivity contribution in [2.24, 2.45) is 0 Å². The van der Waals surface area contributed by atoms with E-state index >= 15 is 0 Å². The molecule has 17 heavy (non-hydrogen) atoms. The first-order valence-electron chi connectivity index (χ1n) is 5.79. The van der Waals surface area contributed by atoms with Gasteiger partial charge in [-0.05, 0) is 54.3 Å². The maximum Gasteiger partial charge on any atom is 0.0579 e. The largest absolute Gasteiger partial charge is 0.397 e. The molecule has 0 bridgehead atoms. The number of thiophene rings is 1. The second kappa shape index (κ2) is 5.23. The lowest BCUT2D eigenvalue weighted by molar-refractivity contribution is 0.793. The van der Waals surface area contributed by atoms with Crippen molar-refractivity contribution >= 4 is 22.7 Å². The number of rotatable bonds is 4. The maximum atomic E-state index is 6.04. The summed E-state index contributed by atoms with van der Waals surface area (Å²) in [6, 6.07) is 8.65.